The second kappa shape index (κ2) is 6.71. The molecule has 0 radical (unpaired) electrons. The Kier molecular flexibility index (Phi) is 4.96. The number of likely N-dealkylation sites (tertiary alicyclic amines) is 1. The Bertz CT molecular complexity index is 481. The van der Waals surface area contributed by atoms with Crippen LogP contribution in [-0.2, 0) is 16.1 Å². The van der Waals surface area contributed by atoms with E-state index in [1.165, 1.54) is 18.2 Å². The van der Waals surface area contributed by atoms with Crippen molar-refractivity contribution in [2.75, 3.05) is 13.7 Å². The van der Waals surface area contributed by atoms with Crippen molar-refractivity contribution in [3.63, 3.8) is 0 Å². The SMILES string of the molecule is COC(=O)/C=C1/CC(C)N(Cc2ccccc2)CC1C. The van der Waals surface area contributed by atoms with Gasteiger partial charge in [0.2, 0.25) is 0 Å². The predicted octanol–water partition coefficient (Wildman–Crippen LogP) is 3.02. The molecule has 1 aromatic carbocycles. The van der Waals surface area contributed by atoms with E-state index in [-0.39, 0.29) is 5.97 Å². The second-order valence-electron chi connectivity index (χ2n) is 5.61. The Morgan fingerprint density at radius 3 is 2.70 bits per heavy atom. The lowest BCUT2D eigenvalue weighted by Gasteiger charge is -2.38. The summed E-state index contributed by atoms with van der Waals surface area (Å²) in [4.78, 5) is 13.9. The van der Waals surface area contributed by atoms with Gasteiger partial charge in [-0.2, -0.15) is 0 Å². The van der Waals surface area contributed by atoms with Crippen molar-refractivity contribution < 1.29 is 9.53 Å². The second-order valence-corrected chi connectivity index (χ2v) is 5.61. The summed E-state index contributed by atoms with van der Waals surface area (Å²) in [5.41, 5.74) is 2.54. The molecule has 108 valence electrons. The monoisotopic (exact) mass is 273 g/mol. The van der Waals surface area contributed by atoms with Gasteiger partial charge in [-0.3, -0.25) is 4.90 Å². The molecular formula is C17H23NO2. The Labute approximate surface area is 121 Å². The number of carbonyl (C=O) groups excluding carboxylic acids is 1. The highest BCUT2D eigenvalue weighted by molar-refractivity contribution is 5.82. The van der Waals surface area contributed by atoms with Gasteiger partial charge in [-0.1, -0.05) is 42.8 Å². The third kappa shape index (κ3) is 3.70. The van der Waals surface area contributed by atoms with E-state index in [0.717, 1.165) is 19.5 Å². The van der Waals surface area contributed by atoms with E-state index in [1.54, 1.807) is 6.08 Å². The zero-order valence-electron chi connectivity index (χ0n) is 12.5. The highest BCUT2D eigenvalue weighted by Crippen LogP contribution is 2.28. The molecule has 2 atom stereocenters. The summed E-state index contributed by atoms with van der Waals surface area (Å²) in [6.45, 7) is 6.36. The zero-order valence-corrected chi connectivity index (χ0v) is 12.5. The van der Waals surface area contributed by atoms with Crippen molar-refractivity contribution >= 4 is 5.97 Å². The van der Waals surface area contributed by atoms with E-state index in [1.807, 2.05) is 6.07 Å². The van der Waals surface area contributed by atoms with Gasteiger partial charge in [-0.05, 0) is 24.8 Å². The number of esters is 1. The van der Waals surface area contributed by atoms with Crippen LogP contribution in [0.5, 0.6) is 0 Å². The van der Waals surface area contributed by atoms with Crippen molar-refractivity contribution in [3.8, 4) is 0 Å². The smallest absolute Gasteiger partial charge is 0.330 e. The molecule has 1 aliphatic rings. The molecule has 20 heavy (non-hydrogen) atoms. The lowest BCUT2D eigenvalue weighted by atomic mass is 9.88. The summed E-state index contributed by atoms with van der Waals surface area (Å²) >= 11 is 0. The van der Waals surface area contributed by atoms with Crippen LogP contribution in [0.15, 0.2) is 42.0 Å². The number of ether oxygens (including phenoxy) is 1. The number of carbonyl (C=O) groups is 1. The van der Waals surface area contributed by atoms with Crippen molar-refractivity contribution in [3.05, 3.63) is 47.5 Å². The van der Waals surface area contributed by atoms with Gasteiger partial charge in [0, 0.05) is 25.2 Å². The molecule has 2 rings (SSSR count). The van der Waals surface area contributed by atoms with Crippen molar-refractivity contribution in [1.29, 1.82) is 0 Å². The van der Waals surface area contributed by atoms with Crippen LogP contribution in [-0.4, -0.2) is 30.6 Å². The predicted molar refractivity (Wildman–Crippen MR) is 80.2 cm³/mol. The Morgan fingerprint density at radius 1 is 1.35 bits per heavy atom. The maximum Gasteiger partial charge on any atom is 0.330 e. The quantitative estimate of drug-likeness (QED) is 0.626. The summed E-state index contributed by atoms with van der Waals surface area (Å²) in [5.74, 6) is 0.157. The number of nitrogens with zero attached hydrogens (tertiary/aromatic N) is 1. The maximum absolute atomic E-state index is 11.4. The molecule has 0 aromatic heterocycles. The van der Waals surface area contributed by atoms with E-state index in [4.69, 9.17) is 4.74 Å². The van der Waals surface area contributed by atoms with Gasteiger partial charge in [0.15, 0.2) is 0 Å². The van der Waals surface area contributed by atoms with E-state index < -0.39 is 0 Å². The van der Waals surface area contributed by atoms with Gasteiger partial charge in [-0.25, -0.2) is 4.79 Å². The third-order valence-corrected chi connectivity index (χ3v) is 4.03. The molecule has 1 saturated heterocycles. The fourth-order valence-electron chi connectivity index (χ4n) is 2.77. The molecule has 1 heterocycles. The van der Waals surface area contributed by atoms with Crippen molar-refractivity contribution in [2.24, 2.45) is 5.92 Å². The van der Waals surface area contributed by atoms with E-state index in [0.29, 0.717) is 12.0 Å². The molecule has 0 bridgehead atoms. The molecule has 2 unspecified atom stereocenters. The minimum absolute atomic E-state index is 0.240. The summed E-state index contributed by atoms with van der Waals surface area (Å²) in [5, 5.41) is 0. The minimum Gasteiger partial charge on any atom is -0.466 e. The molecule has 3 nitrogen and oxygen atoms in total. The Morgan fingerprint density at radius 2 is 2.05 bits per heavy atom. The number of rotatable bonds is 3. The summed E-state index contributed by atoms with van der Waals surface area (Å²) < 4.78 is 4.73. The molecule has 3 heteroatoms. The molecule has 1 aliphatic heterocycles. The van der Waals surface area contributed by atoms with Gasteiger partial charge in [0.25, 0.3) is 0 Å². The minimum atomic E-state index is -0.240. The molecule has 0 amide bonds. The lowest BCUT2D eigenvalue weighted by Crippen LogP contribution is -2.41. The molecule has 0 spiro atoms. The first-order valence-electron chi connectivity index (χ1n) is 7.16. The first kappa shape index (κ1) is 14.8. The summed E-state index contributed by atoms with van der Waals surface area (Å²) in [7, 11) is 1.43. The van der Waals surface area contributed by atoms with Crippen LogP contribution in [0.4, 0.5) is 0 Å². The number of hydrogen-bond acceptors (Lipinski definition) is 3. The van der Waals surface area contributed by atoms with Crippen molar-refractivity contribution in [2.45, 2.75) is 32.9 Å². The number of hydrogen-bond donors (Lipinski definition) is 0. The number of benzene rings is 1. The maximum atomic E-state index is 11.4. The normalized spacial score (nSPS) is 25.6. The van der Waals surface area contributed by atoms with Gasteiger partial charge in [0.05, 0.1) is 7.11 Å². The Hall–Kier alpha value is -1.61. The van der Waals surface area contributed by atoms with E-state index in [2.05, 4.69) is 43.0 Å². The highest BCUT2D eigenvalue weighted by Gasteiger charge is 2.27. The van der Waals surface area contributed by atoms with Crippen LogP contribution in [0.1, 0.15) is 25.8 Å². The van der Waals surface area contributed by atoms with Crippen LogP contribution < -0.4 is 0 Å². The molecule has 0 saturated carbocycles. The van der Waals surface area contributed by atoms with Crippen LogP contribution in [0.3, 0.4) is 0 Å². The molecule has 0 N–H and O–H groups in total. The highest BCUT2D eigenvalue weighted by atomic mass is 16.5. The van der Waals surface area contributed by atoms with E-state index >= 15 is 0 Å². The average Bonchev–Trinajstić information content (AvgIpc) is 2.45. The van der Waals surface area contributed by atoms with Crippen LogP contribution in [0, 0.1) is 5.92 Å². The van der Waals surface area contributed by atoms with Crippen LogP contribution >= 0.6 is 0 Å². The summed E-state index contributed by atoms with van der Waals surface area (Å²) in [6, 6.07) is 11.0. The summed E-state index contributed by atoms with van der Waals surface area (Å²) in [6.07, 6.45) is 2.60. The topological polar surface area (TPSA) is 29.5 Å². The molecule has 1 fully saturated rings. The lowest BCUT2D eigenvalue weighted by molar-refractivity contribution is -0.134. The van der Waals surface area contributed by atoms with Gasteiger partial charge in [-0.15, -0.1) is 0 Å². The first-order chi connectivity index (χ1) is 9.60. The molecule has 1 aromatic rings. The molecular weight excluding hydrogens is 250 g/mol. The fraction of sp³-hybridized carbons (Fsp3) is 0.471. The van der Waals surface area contributed by atoms with Crippen LogP contribution in [0.2, 0.25) is 0 Å². The van der Waals surface area contributed by atoms with Crippen LogP contribution in [0.25, 0.3) is 0 Å². The van der Waals surface area contributed by atoms with Gasteiger partial charge < -0.3 is 4.74 Å². The largest absolute Gasteiger partial charge is 0.466 e. The molecule has 0 aliphatic carbocycles. The standard InChI is InChI=1S/C17H23NO2/c1-13-11-18(12-15-7-5-4-6-8-15)14(2)9-16(13)10-17(19)20-3/h4-8,10,13-14H,9,11-12H2,1-3H3/b16-10-. The third-order valence-electron chi connectivity index (χ3n) is 4.03. The number of methoxy groups -OCH3 is 1. The van der Waals surface area contributed by atoms with Gasteiger partial charge in [0.1, 0.15) is 0 Å². The van der Waals surface area contributed by atoms with Gasteiger partial charge >= 0.3 is 5.97 Å². The van der Waals surface area contributed by atoms with E-state index in [9.17, 15) is 4.79 Å². The first-order valence-corrected chi connectivity index (χ1v) is 7.16. The average molecular weight is 273 g/mol. The zero-order chi connectivity index (χ0) is 14.5. The number of piperidine rings is 1. The fourth-order valence-corrected chi connectivity index (χ4v) is 2.77. The van der Waals surface area contributed by atoms with Crippen molar-refractivity contribution in [1.82, 2.24) is 4.90 Å². The Balaban J connectivity index is 2.03.